The van der Waals surface area contributed by atoms with Crippen molar-refractivity contribution in [1.82, 2.24) is 24.8 Å². The van der Waals surface area contributed by atoms with Crippen molar-refractivity contribution in [2.45, 2.75) is 25.3 Å². The van der Waals surface area contributed by atoms with Gasteiger partial charge in [0, 0.05) is 68.7 Å². The van der Waals surface area contributed by atoms with Gasteiger partial charge in [-0.25, -0.2) is 19.7 Å². The Balaban J connectivity index is 1.22. The maximum atomic E-state index is 11.1. The van der Waals surface area contributed by atoms with Crippen LogP contribution in [-0.4, -0.2) is 81.3 Å². The fraction of sp³-hybridized carbons (Fsp3) is 0.524. The van der Waals surface area contributed by atoms with Gasteiger partial charge < -0.3 is 14.9 Å². The van der Waals surface area contributed by atoms with E-state index in [-0.39, 0.29) is 5.41 Å². The molecule has 152 valence electrons. The van der Waals surface area contributed by atoms with Crippen LogP contribution in [0.15, 0.2) is 36.9 Å². The quantitative estimate of drug-likeness (QED) is 0.854. The van der Waals surface area contributed by atoms with E-state index >= 15 is 0 Å². The van der Waals surface area contributed by atoms with Gasteiger partial charge in [-0.2, -0.15) is 0 Å². The fourth-order valence-corrected chi connectivity index (χ4v) is 5.27. The second-order valence-electron chi connectivity index (χ2n) is 8.53. The number of piperazine rings is 1. The third kappa shape index (κ3) is 3.42. The summed E-state index contributed by atoms with van der Waals surface area (Å²) in [5.41, 5.74) is 2.18. The standard InChI is InChI=1S/C21H26N6O2/c28-20(29)27-13-21(14-27)5-3-16(12-21)25-8-10-26(11-9-25)19-17(2-1-6-23-19)18-4-7-22-15-24-18/h1-2,4,6-7,15-16H,3,5,8-14H2,(H,28,29)/t16-/m1/s1. The van der Waals surface area contributed by atoms with Crippen molar-refractivity contribution in [3.63, 3.8) is 0 Å². The molecular weight excluding hydrogens is 368 g/mol. The Hall–Kier alpha value is -2.74. The molecule has 1 aliphatic carbocycles. The molecule has 3 fully saturated rings. The van der Waals surface area contributed by atoms with Crippen LogP contribution in [0, 0.1) is 5.41 Å². The molecule has 2 aromatic heterocycles. The zero-order chi connectivity index (χ0) is 19.8. The number of pyridine rings is 1. The molecule has 1 saturated carbocycles. The van der Waals surface area contributed by atoms with E-state index in [1.165, 1.54) is 6.42 Å². The van der Waals surface area contributed by atoms with E-state index in [1.54, 1.807) is 17.4 Å². The lowest BCUT2D eigenvalue weighted by atomic mass is 9.78. The summed E-state index contributed by atoms with van der Waals surface area (Å²) in [5.74, 6) is 0.991. The van der Waals surface area contributed by atoms with Crippen molar-refractivity contribution in [2.75, 3.05) is 44.2 Å². The predicted molar refractivity (Wildman–Crippen MR) is 109 cm³/mol. The van der Waals surface area contributed by atoms with Gasteiger partial charge in [0.15, 0.2) is 0 Å². The molecule has 3 aliphatic rings. The van der Waals surface area contributed by atoms with E-state index < -0.39 is 6.09 Å². The van der Waals surface area contributed by atoms with Crippen molar-refractivity contribution in [1.29, 1.82) is 0 Å². The smallest absolute Gasteiger partial charge is 0.407 e. The lowest BCUT2D eigenvalue weighted by molar-refractivity contribution is 0.00903. The maximum Gasteiger partial charge on any atom is 0.407 e. The van der Waals surface area contributed by atoms with Crippen molar-refractivity contribution < 1.29 is 9.90 Å². The summed E-state index contributed by atoms with van der Waals surface area (Å²) in [7, 11) is 0. The number of nitrogens with zero attached hydrogens (tertiary/aromatic N) is 6. The highest BCUT2D eigenvalue weighted by Crippen LogP contribution is 2.47. The second kappa shape index (κ2) is 7.26. The fourth-order valence-electron chi connectivity index (χ4n) is 5.27. The van der Waals surface area contributed by atoms with E-state index in [0.717, 1.165) is 69.2 Å². The SMILES string of the molecule is O=C(O)N1CC2(CC[C@@H](N3CCN(c4ncccc4-c4ccncn4)CC3)C2)C1. The number of carbonyl (C=O) groups is 1. The monoisotopic (exact) mass is 394 g/mol. The summed E-state index contributed by atoms with van der Waals surface area (Å²) in [6, 6.07) is 6.53. The van der Waals surface area contributed by atoms with Crippen LogP contribution in [0.4, 0.5) is 10.6 Å². The van der Waals surface area contributed by atoms with Crippen LogP contribution >= 0.6 is 0 Å². The average molecular weight is 394 g/mol. The molecule has 1 spiro atoms. The van der Waals surface area contributed by atoms with Crippen molar-refractivity contribution in [2.24, 2.45) is 5.41 Å². The van der Waals surface area contributed by atoms with Crippen LogP contribution < -0.4 is 4.90 Å². The molecular formula is C21H26N6O2. The maximum absolute atomic E-state index is 11.1. The number of amides is 1. The number of rotatable bonds is 3. The van der Waals surface area contributed by atoms with Gasteiger partial charge in [-0.15, -0.1) is 0 Å². The minimum Gasteiger partial charge on any atom is -0.465 e. The van der Waals surface area contributed by atoms with E-state index in [4.69, 9.17) is 5.11 Å². The molecule has 5 rings (SSSR count). The van der Waals surface area contributed by atoms with Gasteiger partial charge >= 0.3 is 6.09 Å². The number of carboxylic acid groups (broad SMARTS) is 1. The van der Waals surface area contributed by atoms with Crippen molar-refractivity contribution >= 4 is 11.9 Å². The normalized spacial score (nSPS) is 23.9. The first-order chi connectivity index (χ1) is 14.1. The molecule has 4 heterocycles. The summed E-state index contributed by atoms with van der Waals surface area (Å²) in [6.45, 7) is 5.36. The van der Waals surface area contributed by atoms with Gasteiger partial charge in [0.2, 0.25) is 0 Å². The van der Waals surface area contributed by atoms with Crippen LogP contribution in [0.1, 0.15) is 19.3 Å². The lowest BCUT2D eigenvalue weighted by Gasteiger charge is -2.47. The van der Waals surface area contributed by atoms with E-state index in [2.05, 4.69) is 30.8 Å². The Morgan fingerprint density at radius 1 is 1.10 bits per heavy atom. The Morgan fingerprint density at radius 2 is 1.93 bits per heavy atom. The molecule has 8 heteroatoms. The first kappa shape index (κ1) is 18.3. The number of anilines is 1. The topological polar surface area (TPSA) is 85.7 Å². The molecule has 0 unspecified atom stereocenters. The summed E-state index contributed by atoms with van der Waals surface area (Å²) in [6.07, 6.45) is 7.88. The number of hydrogen-bond donors (Lipinski definition) is 1. The Bertz CT molecular complexity index is 878. The summed E-state index contributed by atoms with van der Waals surface area (Å²) in [4.78, 5) is 30.7. The molecule has 29 heavy (non-hydrogen) atoms. The molecule has 2 aliphatic heterocycles. The van der Waals surface area contributed by atoms with Crippen molar-refractivity contribution in [3.8, 4) is 11.3 Å². The van der Waals surface area contributed by atoms with Crippen LogP contribution in [0.5, 0.6) is 0 Å². The van der Waals surface area contributed by atoms with Crippen molar-refractivity contribution in [3.05, 3.63) is 36.9 Å². The molecule has 0 bridgehead atoms. The highest BCUT2D eigenvalue weighted by atomic mass is 16.4. The van der Waals surface area contributed by atoms with E-state index in [9.17, 15) is 4.79 Å². The molecule has 1 N–H and O–H groups in total. The molecule has 2 aromatic rings. The van der Waals surface area contributed by atoms with Gasteiger partial charge in [0.1, 0.15) is 12.1 Å². The van der Waals surface area contributed by atoms with Gasteiger partial charge in [-0.1, -0.05) is 0 Å². The number of aromatic nitrogens is 3. The Labute approximate surface area is 170 Å². The first-order valence-electron chi connectivity index (χ1n) is 10.3. The highest BCUT2D eigenvalue weighted by molar-refractivity contribution is 5.73. The summed E-state index contributed by atoms with van der Waals surface area (Å²) < 4.78 is 0. The largest absolute Gasteiger partial charge is 0.465 e. The zero-order valence-corrected chi connectivity index (χ0v) is 16.4. The van der Waals surface area contributed by atoms with Gasteiger partial charge in [0.25, 0.3) is 0 Å². The predicted octanol–water partition coefficient (Wildman–Crippen LogP) is 2.19. The first-order valence-corrected chi connectivity index (χ1v) is 10.3. The molecule has 1 amide bonds. The average Bonchev–Trinajstić information content (AvgIpc) is 3.19. The van der Waals surface area contributed by atoms with Crippen LogP contribution in [0.3, 0.4) is 0 Å². The molecule has 0 aromatic carbocycles. The molecule has 2 saturated heterocycles. The lowest BCUT2D eigenvalue weighted by Crippen LogP contribution is -2.58. The number of likely N-dealkylation sites (tertiary alicyclic amines) is 1. The van der Waals surface area contributed by atoms with Gasteiger partial charge in [0.05, 0.1) is 5.69 Å². The third-order valence-electron chi connectivity index (χ3n) is 6.77. The highest BCUT2D eigenvalue weighted by Gasteiger charge is 2.50. The van der Waals surface area contributed by atoms with E-state index in [1.807, 2.05) is 18.3 Å². The van der Waals surface area contributed by atoms with Gasteiger partial charge in [-0.05, 0) is 37.5 Å². The molecule has 1 atom stereocenters. The van der Waals surface area contributed by atoms with Gasteiger partial charge in [-0.3, -0.25) is 4.90 Å². The number of hydrogen-bond acceptors (Lipinski definition) is 6. The Morgan fingerprint density at radius 3 is 2.66 bits per heavy atom. The van der Waals surface area contributed by atoms with Crippen LogP contribution in [-0.2, 0) is 0 Å². The van der Waals surface area contributed by atoms with Crippen LogP contribution in [0.25, 0.3) is 11.3 Å². The second-order valence-corrected chi connectivity index (χ2v) is 8.53. The summed E-state index contributed by atoms with van der Waals surface area (Å²) in [5, 5.41) is 9.13. The zero-order valence-electron chi connectivity index (χ0n) is 16.4. The summed E-state index contributed by atoms with van der Waals surface area (Å²) >= 11 is 0. The van der Waals surface area contributed by atoms with E-state index in [0.29, 0.717) is 6.04 Å². The third-order valence-corrected chi connectivity index (χ3v) is 6.77. The van der Waals surface area contributed by atoms with Crippen LogP contribution in [0.2, 0.25) is 0 Å². The molecule has 8 nitrogen and oxygen atoms in total. The minimum atomic E-state index is -0.775. The Kier molecular flexibility index (Phi) is 4.58. The molecule has 0 radical (unpaired) electrons. The minimum absolute atomic E-state index is 0.237.